The van der Waals surface area contributed by atoms with E-state index in [2.05, 4.69) is 29.0 Å². The Morgan fingerprint density at radius 3 is 2.81 bits per heavy atom. The van der Waals surface area contributed by atoms with Crippen LogP contribution in [0.4, 0.5) is 0 Å². The van der Waals surface area contributed by atoms with Gasteiger partial charge in [-0.05, 0) is 58.5 Å². The molecule has 0 aliphatic carbocycles. The van der Waals surface area contributed by atoms with Gasteiger partial charge in [-0.25, -0.2) is 0 Å². The first-order valence-corrected chi connectivity index (χ1v) is 8.96. The molecule has 2 aliphatic rings. The van der Waals surface area contributed by atoms with Crippen LogP contribution in [0.1, 0.15) is 58.8 Å². The average Bonchev–Trinajstić information content (AvgIpc) is 2.98. The molecule has 2 unspecified atom stereocenters. The molecule has 0 aromatic heterocycles. The number of nitrogens with zero attached hydrogens (tertiary/aromatic N) is 2. The molecule has 4 nitrogen and oxygen atoms in total. The lowest BCUT2D eigenvalue weighted by atomic mass is 10.0. The van der Waals surface area contributed by atoms with Crippen molar-refractivity contribution in [2.24, 2.45) is 0 Å². The van der Waals surface area contributed by atoms with E-state index in [-0.39, 0.29) is 0 Å². The van der Waals surface area contributed by atoms with E-state index in [0.717, 1.165) is 26.2 Å². The Hall–Kier alpha value is -0.610. The molecule has 0 saturated carbocycles. The molecule has 1 amide bonds. The van der Waals surface area contributed by atoms with Gasteiger partial charge in [-0.2, -0.15) is 0 Å². The minimum atomic E-state index is 0.344. The molecular formula is C17H33N3O. The van der Waals surface area contributed by atoms with E-state index < -0.39 is 0 Å². The molecule has 2 aliphatic heterocycles. The molecule has 2 atom stereocenters. The van der Waals surface area contributed by atoms with E-state index in [1.54, 1.807) is 0 Å². The maximum Gasteiger partial charge on any atom is 0.236 e. The summed E-state index contributed by atoms with van der Waals surface area (Å²) in [5.41, 5.74) is 0. The van der Waals surface area contributed by atoms with Crippen molar-refractivity contribution in [2.75, 3.05) is 32.7 Å². The first kappa shape index (κ1) is 16.8. The van der Waals surface area contributed by atoms with Crippen molar-refractivity contribution >= 4 is 5.91 Å². The average molecular weight is 295 g/mol. The number of rotatable bonds is 7. The molecule has 2 rings (SSSR count). The Balaban J connectivity index is 1.84. The zero-order chi connectivity index (χ0) is 15.1. The molecule has 2 saturated heterocycles. The summed E-state index contributed by atoms with van der Waals surface area (Å²) < 4.78 is 0. The monoisotopic (exact) mass is 295 g/mol. The number of hydrogen-bond donors (Lipinski definition) is 1. The van der Waals surface area contributed by atoms with Crippen molar-refractivity contribution in [3.63, 3.8) is 0 Å². The number of nitrogens with one attached hydrogen (secondary N) is 1. The zero-order valence-corrected chi connectivity index (χ0v) is 13.9. The Labute approximate surface area is 130 Å². The summed E-state index contributed by atoms with van der Waals surface area (Å²) in [5.74, 6) is 0.344. The number of carbonyl (C=O) groups excluding carboxylic acids is 1. The number of amides is 1. The fourth-order valence-corrected chi connectivity index (χ4v) is 3.59. The van der Waals surface area contributed by atoms with Crippen LogP contribution in [0.2, 0.25) is 0 Å². The van der Waals surface area contributed by atoms with Crippen LogP contribution in [0.5, 0.6) is 0 Å². The van der Waals surface area contributed by atoms with Crippen LogP contribution in [0.3, 0.4) is 0 Å². The first-order valence-electron chi connectivity index (χ1n) is 8.96. The van der Waals surface area contributed by atoms with Gasteiger partial charge in [0.1, 0.15) is 0 Å². The molecule has 0 spiro atoms. The van der Waals surface area contributed by atoms with Gasteiger partial charge in [0.05, 0.1) is 6.54 Å². The van der Waals surface area contributed by atoms with E-state index in [0.29, 0.717) is 24.5 Å². The van der Waals surface area contributed by atoms with Gasteiger partial charge in [0.25, 0.3) is 0 Å². The van der Waals surface area contributed by atoms with Crippen LogP contribution in [0, 0.1) is 0 Å². The van der Waals surface area contributed by atoms with E-state index >= 15 is 0 Å². The van der Waals surface area contributed by atoms with Crippen LogP contribution in [-0.4, -0.2) is 60.5 Å². The van der Waals surface area contributed by atoms with Gasteiger partial charge in [-0.3, -0.25) is 9.69 Å². The maximum atomic E-state index is 12.6. The van der Waals surface area contributed by atoms with Crippen molar-refractivity contribution in [1.82, 2.24) is 15.1 Å². The summed E-state index contributed by atoms with van der Waals surface area (Å²) in [6.07, 6.45) is 8.55. The molecule has 21 heavy (non-hydrogen) atoms. The fourth-order valence-electron chi connectivity index (χ4n) is 3.59. The highest BCUT2D eigenvalue weighted by Crippen LogP contribution is 2.17. The molecule has 0 aromatic rings. The lowest BCUT2D eigenvalue weighted by molar-refractivity contribution is -0.135. The minimum absolute atomic E-state index is 0.344. The number of piperidine rings is 1. The third-order valence-electron chi connectivity index (χ3n) is 4.95. The Morgan fingerprint density at radius 2 is 2.14 bits per heavy atom. The second-order valence-electron chi connectivity index (χ2n) is 6.81. The highest BCUT2D eigenvalue weighted by Gasteiger charge is 2.26. The summed E-state index contributed by atoms with van der Waals surface area (Å²) in [4.78, 5) is 17.1. The summed E-state index contributed by atoms with van der Waals surface area (Å²) in [5, 5.41) is 3.56. The Bertz CT molecular complexity index is 315. The van der Waals surface area contributed by atoms with Gasteiger partial charge in [-0.1, -0.05) is 13.3 Å². The largest absolute Gasteiger partial charge is 0.339 e. The summed E-state index contributed by atoms with van der Waals surface area (Å²) in [6.45, 7) is 9.23. The Kier molecular flexibility index (Phi) is 6.97. The van der Waals surface area contributed by atoms with Crippen LogP contribution < -0.4 is 5.32 Å². The van der Waals surface area contributed by atoms with Crippen molar-refractivity contribution in [3.8, 4) is 0 Å². The predicted molar refractivity (Wildman–Crippen MR) is 87.4 cm³/mol. The van der Waals surface area contributed by atoms with Gasteiger partial charge in [-0.15, -0.1) is 0 Å². The molecular weight excluding hydrogens is 262 g/mol. The van der Waals surface area contributed by atoms with Gasteiger partial charge >= 0.3 is 0 Å². The lowest BCUT2D eigenvalue weighted by Crippen LogP contribution is -2.49. The molecule has 0 radical (unpaired) electrons. The first-order chi connectivity index (χ1) is 10.2. The highest BCUT2D eigenvalue weighted by molar-refractivity contribution is 5.78. The Morgan fingerprint density at radius 1 is 1.29 bits per heavy atom. The SMILES string of the molecule is CCCCN(CC(=O)N1CCCCC1C)CC1CCCN1. The molecule has 0 aromatic carbocycles. The van der Waals surface area contributed by atoms with Crippen LogP contribution in [0.15, 0.2) is 0 Å². The number of likely N-dealkylation sites (tertiary alicyclic amines) is 1. The van der Waals surface area contributed by atoms with Crippen molar-refractivity contribution in [3.05, 3.63) is 0 Å². The smallest absolute Gasteiger partial charge is 0.236 e. The fraction of sp³-hybridized carbons (Fsp3) is 0.941. The van der Waals surface area contributed by atoms with E-state index in [4.69, 9.17) is 0 Å². The third-order valence-corrected chi connectivity index (χ3v) is 4.95. The molecule has 0 bridgehead atoms. The van der Waals surface area contributed by atoms with Gasteiger partial charge in [0.15, 0.2) is 0 Å². The van der Waals surface area contributed by atoms with Gasteiger partial charge in [0.2, 0.25) is 5.91 Å². The zero-order valence-electron chi connectivity index (χ0n) is 13.9. The highest BCUT2D eigenvalue weighted by atomic mass is 16.2. The van der Waals surface area contributed by atoms with Crippen LogP contribution in [-0.2, 0) is 4.79 Å². The normalized spacial score (nSPS) is 26.5. The van der Waals surface area contributed by atoms with Crippen LogP contribution in [0.25, 0.3) is 0 Å². The summed E-state index contributed by atoms with van der Waals surface area (Å²) in [7, 11) is 0. The van der Waals surface area contributed by atoms with Gasteiger partial charge < -0.3 is 10.2 Å². The van der Waals surface area contributed by atoms with E-state index in [9.17, 15) is 4.79 Å². The van der Waals surface area contributed by atoms with Crippen molar-refractivity contribution in [1.29, 1.82) is 0 Å². The minimum Gasteiger partial charge on any atom is -0.339 e. The predicted octanol–water partition coefficient (Wildman–Crippen LogP) is 2.24. The lowest BCUT2D eigenvalue weighted by Gasteiger charge is -2.35. The molecule has 2 heterocycles. The standard InChI is InChI=1S/C17H33N3O/c1-3-4-11-19(13-16-9-7-10-18-16)14-17(21)20-12-6-5-8-15(20)2/h15-16,18H,3-14H2,1-2H3. The maximum absolute atomic E-state index is 12.6. The van der Waals surface area contributed by atoms with E-state index in [1.165, 1.54) is 44.9 Å². The molecule has 122 valence electrons. The van der Waals surface area contributed by atoms with E-state index in [1.807, 2.05) is 0 Å². The van der Waals surface area contributed by atoms with Gasteiger partial charge in [0, 0.05) is 25.2 Å². The summed E-state index contributed by atoms with van der Waals surface area (Å²) >= 11 is 0. The molecule has 2 fully saturated rings. The third kappa shape index (κ3) is 5.26. The van der Waals surface area contributed by atoms with Crippen LogP contribution >= 0.6 is 0 Å². The summed E-state index contributed by atoms with van der Waals surface area (Å²) in [6, 6.07) is 1.03. The second kappa shape index (κ2) is 8.74. The topological polar surface area (TPSA) is 35.6 Å². The number of carbonyl (C=O) groups is 1. The van der Waals surface area contributed by atoms with Crippen molar-refractivity contribution in [2.45, 2.75) is 70.9 Å². The number of hydrogen-bond acceptors (Lipinski definition) is 3. The quantitative estimate of drug-likeness (QED) is 0.782. The number of unbranched alkanes of at least 4 members (excludes halogenated alkanes) is 1. The van der Waals surface area contributed by atoms with Crippen molar-refractivity contribution < 1.29 is 4.79 Å². The second-order valence-corrected chi connectivity index (χ2v) is 6.81. The molecule has 4 heteroatoms. The molecule has 1 N–H and O–H groups in total.